The van der Waals surface area contributed by atoms with Gasteiger partial charge in [0.1, 0.15) is 5.82 Å². The monoisotopic (exact) mass is 221 g/mol. The first-order chi connectivity index (χ1) is 7.37. The molecule has 0 aromatic carbocycles. The van der Waals surface area contributed by atoms with E-state index in [1.807, 2.05) is 33.8 Å². The Morgan fingerprint density at radius 2 is 2.19 bits per heavy atom. The Hall–Kier alpha value is -1.65. The van der Waals surface area contributed by atoms with Crippen molar-refractivity contribution in [2.45, 2.75) is 39.8 Å². The van der Waals surface area contributed by atoms with Crippen molar-refractivity contribution in [2.24, 2.45) is 10.7 Å². The van der Waals surface area contributed by atoms with Crippen molar-refractivity contribution >= 4 is 5.96 Å². The molecule has 16 heavy (non-hydrogen) atoms. The molecular weight excluding hydrogens is 202 g/mol. The molecule has 1 heterocycles. The van der Waals surface area contributed by atoms with Gasteiger partial charge in [-0.1, -0.05) is 0 Å². The lowest BCUT2D eigenvalue weighted by Gasteiger charge is -2.20. The topological polar surface area (TPSA) is 76.2 Å². The predicted octanol–water partition coefficient (Wildman–Crippen LogP) is 0.988. The van der Waals surface area contributed by atoms with Crippen LogP contribution in [0, 0.1) is 6.92 Å². The molecule has 5 nitrogen and oxygen atoms in total. The first kappa shape index (κ1) is 12.4. The van der Waals surface area contributed by atoms with Gasteiger partial charge >= 0.3 is 0 Å². The average molecular weight is 221 g/mol. The summed E-state index contributed by atoms with van der Waals surface area (Å²) in [4.78, 5) is 12.5. The van der Waals surface area contributed by atoms with E-state index in [4.69, 9.17) is 5.73 Å². The quantitative estimate of drug-likeness (QED) is 0.576. The zero-order valence-corrected chi connectivity index (χ0v) is 10.3. The van der Waals surface area contributed by atoms with Crippen molar-refractivity contribution in [3.8, 4) is 0 Å². The van der Waals surface area contributed by atoms with Gasteiger partial charge in [-0.15, -0.1) is 0 Å². The van der Waals surface area contributed by atoms with Crippen LogP contribution in [0.1, 0.15) is 32.3 Å². The fraction of sp³-hybridized carbons (Fsp3) is 0.545. The van der Waals surface area contributed by atoms with Crippen LogP contribution in [0.25, 0.3) is 0 Å². The third kappa shape index (κ3) is 4.72. The second kappa shape index (κ2) is 4.92. The molecule has 0 bridgehead atoms. The standard InChI is InChI=1S/C11H19N5/c1-8-13-6-5-9(15-8)7-14-10(12)16-11(2,3)4/h5-6H,7H2,1-4H3,(H3,12,14,16). The molecule has 88 valence electrons. The summed E-state index contributed by atoms with van der Waals surface area (Å²) in [5.41, 5.74) is 6.53. The third-order valence-electron chi connectivity index (χ3n) is 1.75. The number of guanidine groups is 1. The van der Waals surface area contributed by atoms with Gasteiger partial charge in [-0.2, -0.15) is 0 Å². The van der Waals surface area contributed by atoms with Gasteiger partial charge in [0.25, 0.3) is 0 Å². The molecule has 0 amide bonds. The summed E-state index contributed by atoms with van der Waals surface area (Å²) < 4.78 is 0. The number of nitrogens with two attached hydrogens (primary N) is 1. The molecule has 1 aromatic heterocycles. The van der Waals surface area contributed by atoms with Crippen LogP contribution in [0.3, 0.4) is 0 Å². The van der Waals surface area contributed by atoms with Crippen molar-refractivity contribution in [3.05, 3.63) is 23.8 Å². The van der Waals surface area contributed by atoms with Gasteiger partial charge in [-0.25, -0.2) is 15.0 Å². The molecule has 0 aliphatic heterocycles. The van der Waals surface area contributed by atoms with Gasteiger partial charge < -0.3 is 11.1 Å². The second-order valence-electron chi connectivity index (χ2n) is 4.67. The van der Waals surface area contributed by atoms with E-state index in [1.54, 1.807) is 6.20 Å². The first-order valence-corrected chi connectivity index (χ1v) is 5.23. The molecule has 0 fully saturated rings. The third-order valence-corrected chi connectivity index (χ3v) is 1.75. The lowest BCUT2D eigenvalue weighted by atomic mass is 10.1. The van der Waals surface area contributed by atoms with E-state index in [2.05, 4.69) is 20.3 Å². The largest absolute Gasteiger partial charge is 0.370 e. The van der Waals surface area contributed by atoms with E-state index in [0.29, 0.717) is 12.5 Å². The molecule has 0 aliphatic rings. The van der Waals surface area contributed by atoms with Crippen molar-refractivity contribution in [2.75, 3.05) is 0 Å². The predicted molar refractivity (Wildman–Crippen MR) is 65.0 cm³/mol. The van der Waals surface area contributed by atoms with Crippen LogP contribution >= 0.6 is 0 Å². The van der Waals surface area contributed by atoms with Crippen LogP contribution < -0.4 is 11.1 Å². The highest BCUT2D eigenvalue weighted by Gasteiger charge is 2.09. The number of hydrogen-bond donors (Lipinski definition) is 2. The molecule has 1 aromatic rings. The van der Waals surface area contributed by atoms with Crippen molar-refractivity contribution < 1.29 is 0 Å². The van der Waals surface area contributed by atoms with Crippen molar-refractivity contribution in [1.82, 2.24) is 15.3 Å². The van der Waals surface area contributed by atoms with E-state index in [0.717, 1.165) is 11.5 Å². The van der Waals surface area contributed by atoms with Gasteiger partial charge in [-0.05, 0) is 33.8 Å². The molecule has 0 aliphatic carbocycles. The Morgan fingerprint density at radius 3 is 2.75 bits per heavy atom. The minimum atomic E-state index is -0.0742. The number of rotatable bonds is 2. The van der Waals surface area contributed by atoms with Gasteiger partial charge in [0.15, 0.2) is 5.96 Å². The smallest absolute Gasteiger partial charge is 0.189 e. The molecule has 0 radical (unpaired) electrons. The summed E-state index contributed by atoms with van der Waals surface area (Å²) in [5.74, 6) is 1.18. The fourth-order valence-corrected chi connectivity index (χ4v) is 1.18. The van der Waals surface area contributed by atoms with E-state index in [1.165, 1.54) is 0 Å². The molecule has 0 saturated heterocycles. The number of nitrogens with one attached hydrogen (secondary N) is 1. The molecule has 0 atom stereocenters. The molecule has 3 N–H and O–H groups in total. The molecule has 0 saturated carbocycles. The van der Waals surface area contributed by atoms with Gasteiger partial charge in [0, 0.05) is 11.7 Å². The summed E-state index contributed by atoms with van der Waals surface area (Å²) in [6, 6.07) is 1.83. The zero-order chi connectivity index (χ0) is 12.2. The highest BCUT2D eigenvalue weighted by molar-refractivity contribution is 5.78. The second-order valence-corrected chi connectivity index (χ2v) is 4.67. The van der Waals surface area contributed by atoms with Gasteiger partial charge in [-0.3, -0.25) is 0 Å². The fourth-order valence-electron chi connectivity index (χ4n) is 1.18. The normalized spacial score (nSPS) is 12.6. The van der Waals surface area contributed by atoms with Crippen LogP contribution in [0.2, 0.25) is 0 Å². The maximum absolute atomic E-state index is 5.74. The number of aromatic nitrogens is 2. The number of hydrogen-bond acceptors (Lipinski definition) is 3. The van der Waals surface area contributed by atoms with Gasteiger partial charge in [0.2, 0.25) is 0 Å². The lowest BCUT2D eigenvalue weighted by Crippen LogP contribution is -2.45. The highest BCUT2D eigenvalue weighted by atomic mass is 15.1. The van der Waals surface area contributed by atoms with E-state index in [9.17, 15) is 0 Å². The van der Waals surface area contributed by atoms with Crippen LogP contribution in [-0.4, -0.2) is 21.5 Å². The van der Waals surface area contributed by atoms with Crippen LogP contribution in [-0.2, 0) is 6.54 Å². The SMILES string of the molecule is Cc1nccc(CN=C(N)NC(C)(C)C)n1. The molecule has 1 rings (SSSR count). The minimum Gasteiger partial charge on any atom is -0.370 e. The highest BCUT2D eigenvalue weighted by Crippen LogP contribution is 1.99. The maximum atomic E-state index is 5.74. The van der Waals surface area contributed by atoms with E-state index >= 15 is 0 Å². The molecular formula is C11H19N5. The summed E-state index contributed by atoms with van der Waals surface area (Å²) in [6.45, 7) is 8.42. The van der Waals surface area contributed by atoms with E-state index < -0.39 is 0 Å². The molecule has 0 unspecified atom stereocenters. The van der Waals surface area contributed by atoms with Crippen LogP contribution in [0.15, 0.2) is 17.3 Å². The Morgan fingerprint density at radius 1 is 1.50 bits per heavy atom. The summed E-state index contributed by atoms with van der Waals surface area (Å²) in [5, 5.41) is 3.09. The van der Waals surface area contributed by atoms with Crippen LogP contribution in [0.5, 0.6) is 0 Å². The van der Waals surface area contributed by atoms with Crippen molar-refractivity contribution in [3.63, 3.8) is 0 Å². The van der Waals surface area contributed by atoms with Crippen LogP contribution in [0.4, 0.5) is 0 Å². The zero-order valence-electron chi connectivity index (χ0n) is 10.3. The molecule has 0 spiro atoms. The summed E-state index contributed by atoms with van der Waals surface area (Å²) in [7, 11) is 0. The Labute approximate surface area is 96.2 Å². The number of aryl methyl sites for hydroxylation is 1. The maximum Gasteiger partial charge on any atom is 0.189 e. The Kier molecular flexibility index (Phi) is 3.82. The lowest BCUT2D eigenvalue weighted by molar-refractivity contribution is 0.508. The number of aliphatic imine (C=N–C) groups is 1. The first-order valence-electron chi connectivity index (χ1n) is 5.23. The summed E-state index contributed by atoms with van der Waals surface area (Å²) in [6.07, 6.45) is 1.72. The van der Waals surface area contributed by atoms with Gasteiger partial charge in [0.05, 0.1) is 12.2 Å². The Balaban J connectivity index is 2.59. The summed E-state index contributed by atoms with van der Waals surface area (Å²) >= 11 is 0. The van der Waals surface area contributed by atoms with Crippen molar-refractivity contribution in [1.29, 1.82) is 0 Å². The Bertz CT molecular complexity index is 378. The molecule has 5 heteroatoms. The number of nitrogens with zero attached hydrogens (tertiary/aromatic N) is 3. The average Bonchev–Trinajstić information content (AvgIpc) is 2.12. The minimum absolute atomic E-state index is 0.0742. The van der Waals surface area contributed by atoms with E-state index in [-0.39, 0.29) is 5.54 Å².